The van der Waals surface area contributed by atoms with E-state index in [-0.39, 0.29) is 5.56 Å². The second-order valence-corrected chi connectivity index (χ2v) is 7.90. The van der Waals surface area contributed by atoms with Crippen LogP contribution in [0.5, 0.6) is 0 Å². The first-order chi connectivity index (χ1) is 13.6. The summed E-state index contributed by atoms with van der Waals surface area (Å²) in [6, 6.07) is 5.31. The van der Waals surface area contributed by atoms with E-state index in [0.717, 1.165) is 50.7 Å². The summed E-state index contributed by atoms with van der Waals surface area (Å²) in [7, 11) is 0. The second kappa shape index (κ2) is 8.34. The molecule has 4 rings (SSSR count). The van der Waals surface area contributed by atoms with Crippen LogP contribution in [0.1, 0.15) is 17.0 Å². The molecular weight excluding hydrogens is 374 g/mol. The maximum absolute atomic E-state index is 12.2. The van der Waals surface area contributed by atoms with Gasteiger partial charge in [-0.2, -0.15) is 5.10 Å². The van der Waals surface area contributed by atoms with Gasteiger partial charge in [0.1, 0.15) is 0 Å². The van der Waals surface area contributed by atoms with E-state index in [1.165, 1.54) is 17.1 Å². The van der Waals surface area contributed by atoms with Crippen molar-refractivity contribution in [3.63, 3.8) is 0 Å². The highest BCUT2D eigenvalue weighted by Crippen LogP contribution is 2.10. The van der Waals surface area contributed by atoms with Gasteiger partial charge in [-0.25, -0.2) is 13.7 Å². The topological polar surface area (TPSA) is 72.1 Å². The molecule has 4 heterocycles. The molecule has 1 aliphatic rings. The van der Waals surface area contributed by atoms with Gasteiger partial charge >= 0.3 is 0 Å². The first-order valence-corrected chi connectivity index (χ1v) is 10.4. The number of piperazine rings is 1. The van der Waals surface area contributed by atoms with E-state index in [4.69, 9.17) is 0 Å². The highest BCUT2D eigenvalue weighted by Gasteiger charge is 2.17. The minimum absolute atomic E-state index is 0.0751. The molecule has 1 aliphatic heterocycles. The summed E-state index contributed by atoms with van der Waals surface area (Å²) in [5.74, 6) is 0.680. The fourth-order valence-electron chi connectivity index (χ4n) is 3.54. The van der Waals surface area contributed by atoms with Crippen molar-refractivity contribution < 1.29 is 0 Å². The molecule has 0 aliphatic carbocycles. The Labute approximate surface area is 168 Å². The minimum atomic E-state index is -0.0751. The molecule has 3 aromatic rings. The van der Waals surface area contributed by atoms with Crippen molar-refractivity contribution in [1.82, 2.24) is 33.7 Å². The van der Waals surface area contributed by atoms with E-state index < -0.39 is 0 Å². The lowest BCUT2D eigenvalue weighted by atomic mass is 10.2. The van der Waals surface area contributed by atoms with Crippen LogP contribution in [0.4, 0.5) is 0 Å². The molecule has 0 saturated carbocycles. The molecule has 1 saturated heterocycles. The Morgan fingerprint density at radius 2 is 1.82 bits per heavy atom. The quantitative estimate of drug-likeness (QED) is 0.623. The Kier molecular flexibility index (Phi) is 5.65. The van der Waals surface area contributed by atoms with E-state index in [9.17, 15) is 4.79 Å². The van der Waals surface area contributed by atoms with Gasteiger partial charge in [0.2, 0.25) is 0 Å². The third-order valence-corrected chi connectivity index (χ3v) is 5.70. The summed E-state index contributed by atoms with van der Waals surface area (Å²) in [6.07, 6.45) is 1.95. The first-order valence-electron chi connectivity index (χ1n) is 9.53. The Balaban J connectivity index is 1.34. The fourth-order valence-corrected chi connectivity index (χ4v) is 4.07. The average Bonchev–Trinajstić information content (AvgIpc) is 3.31. The molecule has 148 valence electrons. The van der Waals surface area contributed by atoms with Crippen molar-refractivity contribution >= 4 is 11.5 Å². The van der Waals surface area contributed by atoms with Crippen LogP contribution in [0.15, 0.2) is 34.6 Å². The summed E-state index contributed by atoms with van der Waals surface area (Å²) in [6.45, 7) is 10.4. The molecule has 1 fully saturated rings. The molecule has 28 heavy (non-hydrogen) atoms. The summed E-state index contributed by atoms with van der Waals surface area (Å²) in [5, 5.41) is 11.1. The summed E-state index contributed by atoms with van der Waals surface area (Å²) in [5.41, 5.74) is 3.16. The van der Waals surface area contributed by atoms with Crippen molar-refractivity contribution in [1.29, 1.82) is 0 Å². The molecule has 0 aromatic carbocycles. The molecule has 0 spiro atoms. The van der Waals surface area contributed by atoms with Crippen LogP contribution in [0, 0.1) is 13.8 Å². The maximum Gasteiger partial charge on any atom is 0.266 e. The number of aromatic nitrogens is 5. The van der Waals surface area contributed by atoms with Crippen molar-refractivity contribution in [2.75, 3.05) is 32.7 Å². The standard InChI is InChI=1S/C19H25N7OS/c1-15-11-16(2)26(21-15)18-3-4-19(27)25(22-18)10-9-23-5-7-24(8-6-23)13-17-12-20-28-14-17/h3-4,11-12,14H,5-10,13H2,1-2H3. The Morgan fingerprint density at radius 3 is 2.50 bits per heavy atom. The van der Waals surface area contributed by atoms with Gasteiger partial charge in [0.15, 0.2) is 5.82 Å². The minimum Gasteiger partial charge on any atom is -0.299 e. The lowest BCUT2D eigenvalue weighted by Crippen LogP contribution is -2.47. The normalized spacial score (nSPS) is 15.9. The molecule has 0 amide bonds. The highest BCUT2D eigenvalue weighted by atomic mass is 32.1. The van der Waals surface area contributed by atoms with Crippen LogP contribution in [0.3, 0.4) is 0 Å². The van der Waals surface area contributed by atoms with Crippen molar-refractivity contribution in [3.8, 4) is 5.82 Å². The molecule has 3 aromatic heterocycles. The van der Waals surface area contributed by atoms with Gasteiger partial charge in [-0.3, -0.25) is 14.6 Å². The summed E-state index contributed by atoms with van der Waals surface area (Å²) in [4.78, 5) is 17.1. The Bertz CT molecular complexity index is 971. The Morgan fingerprint density at radius 1 is 1.04 bits per heavy atom. The first kappa shape index (κ1) is 19.0. The SMILES string of the molecule is Cc1cc(C)n(-c2ccc(=O)n(CCN3CCN(Cc4cnsc4)CC3)n2)n1. The van der Waals surface area contributed by atoms with Gasteiger partial charge in [-0.05, 0) is 43.1 Å². The van der Waals surface area contributed by atoms with E-state index in [0.29, 0.717) is 12.4 Å². The third kappa shape index (κ3) is 4.37. The largest absolute Gasteiger partial charge is 0.299 e. The van der Waals surface area contributed by atoms with Crippen LogP contribution in [0.25, 0.3) is 5.82 Å². The van der Waals surface area contributed by atoms with E-state index >= 15 is 0 Å². The van der Waals surface area contributed by atoms with Gasteiger partial charge in [0, 0.05) is 62.6 Å². The van der Waals surface area contributed by atoms with E-state index in [1.54, 1.807) is 21.5 Å². The van der Waals surface area contributed by atoms with Crippen molar-refractivity contribution in [2.24, 2.45) is 0 Å². The maximum atomic E-state index is 12.2. The number of rotatable bonds is 6. The van der Waals surface area contributed by atoms with Crippen LogP contribution in [-0.2, 0) is 13.1 Å². The Hall–Kier alpha value is -2.36. The van der Waals surface area contributed by atoms with Crippen LogP contribution in [-0.4, -0.2) is 66.5 Å². The van der Waals surface area contributed by atoms with Crippen molar-refractivity contribution in [3.05, 3.63) is 57.1 Å². The zero-order chi connectivity index (χ0) is 19.5. The van der Waals surface area contributed by atoms with Crippen LogP contribution in [0.2, 0.25) is 0 Å². The van der Waals surface area contributed by atoms with Crippen LogP contribution >= 0.6 is 11.5 Å². The lowest BCUT2D eigenvalue weighted by Gasteiger charge is -2.34. The number of hydrogen-bond donors (Lipinski definition) is 0. The van der Waals surface area contributed by atoms with Gasteiger partial charge in [-0.15, -0.1) is 5.10 Å². The van der Waals surface area contributed by atoms with Gasteiger partial charge < -0.3 is 0 Å². The average molecular weight is 400 g/mol. The van der Waals surface area contributed by atoms with Gasteiger partial charge in [0.05, 0.1) is 12.2 Å². The van der Waals surface area contributed by atoms with Crippen molar-refractivity contribution in [2.45, 2.75) is 26.9 Å². The number of aryl methyl sites for hydroxylation is 2. The summed E-state index contributed by atoms with van der Waals surface area (Å²) < 4.78 is 7.50. The molecular formula is C19H25N7OS. The van der Waals surface area contributed by atoms with E-state index in [1.807, 2.05) is 26.1 Å². The predicted octanol–water partition coefficient (Wildman–Crippen LogP) is 1.32. The van der Waals surface area contributed by atoms with Gasteiger partial charge in [-0.1, -0.05) is 0 Å². The second-order valence-electron chi connectivity index (χ2n) is 7.24. The third-order valence-electron chi connectivity index (χ3n) is 5.06. The van der Waals surface area contributed by atoms with E-state index in [2.05, 4.69) is 29.8 Å². The fraction of sp³-hybridized carbons (Fsp3) is 0.474. The van der Waals surface area contributed by atoms with Gasteiger partial charge in [0.25, 0.3) is 5.56 Å². The molecule has 0 radical (unpaired) electrons. The molecule has 0 bridgehead atoms. The molecule has 9 heteroatoms. The highest BCUT2D eigenvalue weighted by molar-refractivity contribution is 7.03. The molecule has 0 atom stereocenters. The smallest absolute Gasteiger partial charge is 0.266 e. The molecule has 0 unspecified atom stereocenters. The summed E-state index contributed by atoms with van der Waals surface area (Å²) >= 11 is 1.50. The zero-order valence-corrected chi connectivity index (χ0v) is 17.1. The zero-order valence-electron chi connectivity index (χ0n) is 16.3. The predicted molar refractivity (Wildman–Crippen MR) is 109 cm³/mol. The molecule has 8 nitrogen and oxygen atoms in total. The number of hydrogen-bond acceptors (Lipinski definition) is 7. The van der Waals surface area contributed by atoms with Crippen LogP contribution < -0.4 is 5.56 Å². The molecule has 0 N–H and O–H groups in total. The lowest BCUT2D eigenvalue weighted by molar-refractivity contribution is 0.122. The number of nitrogens with zero attached hydrogens (tertiary/aromatic N) is 7. The monoisotopic (exact) mass is 399 g/mol.